The van der Waals surface area contributed by atoms with Gasteiger partial charge in [0.25, 0.3) is 5.91 Å². The fraction of sp³-hybridized carbons (Fsp3) is 0.278. The summed E-state index contributed by atoms with van der Waals surface area (Å²) in [5, 5.41) is 4.44. The fourth-order valence-electron chi connectivity index (χ4n) is 1.99. The average molecular weight is 419 g/mol. The second-order valence-electron chi connectivity index (χ2n) is 5.28. The number of thioether (sulfide) groups is 1. The first-order valence-corrected chi connectivity index (χ1v) is 9.97. The molecule has 0 radical (unpaired) electrons. The summed E-state index contributed by atoms with van der Waals surface area (Å²) in [4.78, 5) is 12.1. The zero-order valence-electron chi connectivity index (χ0n) is 13.6. The predicted octanol–water partition coefficient (Wildman–Crippen LogP) is 5.46. The van der Waals surface area contributed by atoms with Gasteiger partial charge in [0.2, 0.25) is 0 Å². The van der Waals surface area contributed by atoms with Gasteiger partial charge in [0, 0.05) is 18.1 Å². The molecule has 25 heavy (non-hydrogen) atoms. The van der Waals surface area contributed by atoms with Crippen LogP contribution in [0.15, 0.2) is 42.5 Å². The molecule has 0 saturated heterocycles. The molecule has 1 N–H and O–H groups in total. The van der Waals surface area contributed by atoms with Crippen molar-refractivity contribution >= 4 is 52.5 Å². The third-order valence-corrected chi connectivity index (χ3v) is 5.39. The Hall–Kier alpha value is -1.07. The summed E-state index contributed by atoms with van der Waals surface area (Å²) in [6.45, 7) is 2.25. The second-order valence-corrected chi connectivity index (χ2v) is 7.61. The highest BCUT2D eigenvalue weighted by molar-refractivity contribution is 7.98. The van der Waals surface area contributed by atoms with E-state index in [9.17, 15) is 4.79 Å². The molecule has 0 spiro atoms. The summed E-state index contributed by atoms with van der Waals surface area (Å²) in [5.74, 6) is 1.92. The van der Waals surface area contributed by atoms with E-state index >= 15 is 0 Å². The highest BCUT2D eigenvalue weighted by Gasteiger charge is 2.15. The van der Waals surface area contributed by atoms with E-state index in [0.717, 1.165) is 17.1 Å². The van der Waals surface area contributed by atoms with Gasteiger partial charge >= 0.3 is 0 Å². The lowest BCUT2D eigenvalue weighted by Crippen LogP contribution is -2.37. The third-order valence-electron chi connectivity index (χ3n) is 3.31. The first kappa shape index (κ1) is 20.2. The van der Waals surface area contributed by atoms with Gasteiger partial charge in [-0.15, -0.1) is 0 Å². The Balaban J connectivity index is 1.67. The summed E-state index contributed by atoms with van der Waals surface area (Å²) in [6.07, 6.45) is -0.611. The Morgan fingerprint density at radius 2 is 1.88 bits per heavy atom. The number of carbonyl (C=O) groups is 1. The number of para-hydroxylation sites is 1. The minimum atomic E-state index is -0.611. The van der Waals surface area contributed by atoms with Crippen LogP contribution in [-0.2, 0) is 10.5 Å². The van der Waals surface area contributed by atoms with Crippen molar-refractivity contribution in [2.75, 3.05) is 12.3 Å². The van der Waals surface area contributed by atoms with E-state index in [1.54, 1.807) is 36.9 Å². The molecule has 0 aliphatic carbocycles. The van der Waals surface area contributed by atoms with Crippen LogP contribution in [-0.4, -0.2) is 24.3 Å². The lowest BCUT2D eigenvalue weighted by Gasteiger charge is -2.15. The quantitative estimate of drug-likeness (QED) is 0.578. The smallest absolute Gasteiger partial charge is 0.260 e. The summed E-state index contributed by atoms with van der Waals surface area (Å²) < 4.78 is 5.58. The number of halogens is 3. The second kappa shape index (κ2) is 10.2. The lowest BCUT2D eigenvalue weighted by molar-refractivity contribution is -0.127. The SMILES string of the molecule is C[C@@H](Oc1ccccc1Cl)C(=O)NCCSCc1ccc(Cl)c(Cl)c1. The summed E-state index contributed by atoms with van der Waals surface area (Å²) in [5.41, 5.74) is 1.10. The van der Waals surface area contributed by atoms with Crippen molar-refractivity contribution in [2.24, 2.45) is 0 Å². The van der Waals surface area contributed by atoms with Crippen LogP contribution in [0.1, 0.15) is 12.5 Å². The molecule has 0 saturated carbocycles. The number of benzene rings is 2. The molecule has 2 rings (SSSR count). The van der Waals surface area contributed by atoms with Gasteiger partial charge < -0.3 is 10.1 Å². The Morgan fingerprint density at radius 3 is 2.60 bits per heavy atom. The maximum Gasteiger partial charge on any atom is 0.260 e. The number of hydrogen-bond donors (Lipinski definition) is 1. The monoisotopic (exact) mass is 417 g/mol. The molecule has 1 atom stereocenters. The molecule has 0 aliphatic rings. The maximum atomic E-state index is 12.1. The van der Waals surface area contributed by atoms with Gasteiger partial charge in [-0.25, -0.2) is 0 Å². The number of rotatable bonds is 8. The highest BCUT2D eigenvalue weighted by atomic mass is 35.5. The predicted molar refractivity (Wildman–Crippen MR) is 107 cm³/mol. The van der Waals surface area contributed by atoms with Gasteiger partial charge in [-0.2, -0.15) is 11.8 Å². The van der Waals surface area contributed by atoms with Crippen LogP contribution in [0.25, 0.3) is 0 Å². The third kappa shape index (κ3) is 6.63. The molecule has 0 aliphatic heterocycles. The standard InChI is InChI=1S/C18H18Cl3NO2S/c1-12(24-17-5-3-2-4-15(17)20)18(23)22-8-9-25-11-13-6-7-14(19)16(21)10-13/h2-7,10,12H,8-9,11H2,1H3,(H,22,23)/t12-/m1/s1. The Bertz CT molecular complexity index is 727. The first-order chi connectivity index (χ1) is 12.0. The summed E-state index contributed by atoms with van der Waals surface area (Å²) in [6, 6.07) is 12.7. The number of hydrogen-bond acceptors (Lipinski definition) is 3. The highest BCUT2D eigenvalue weighted by Crippen LogP contribution is 2.25. The van der Waals surface area contributed by atoms with E-state index in [1.165, 1.54) is 0 Å². The van der Waals surface area contributed by atoms with E-state index in [4.69, 9.17) is 39.5 Å². The van der Waals surface area contributed by atoms with Crippen LogP contribution < -0.4 is 10.1 Å². The Morgan fingerprint density at radius 1 is 1.12 bits per heavy atom. The van der Waals surface area contributed by atoms with Gasteiger partial charge in [-0.05, 0) is 36.8 Å². The molecule has 0 unspecified atom stereocenters. The maximum absolute atomic E-state index is 12.1. The van der Waals surface area contributed by atoms with Gasteiger partial charge in [0.1, 0.15) is 5.75 Å². The lowest BCUT2D eigenvalue weighted by atomic mass is 10.2. The van der Waals surface area contributed by atoms with Crippen LogP contribution in [0.4, 0.5) is 0 Å². The van der Waals surface area contributed by atoms with Crippen molar-refractivity contribution < 1.29 is 9.53 Å². The van der Waals surface area contributed by atoms with E-state index in [2.05, 4.69) is 5.32 Å². The van der Waals surface area contributed by atoms with E-state index in [0.29, 0.717) is 27.4 Å². The zero-order chi connectivity index (χ0) is 18.2. The number of nitrogens with one attached hydrogen (secondary N) is 1. The first-order valence-electron chi connectivity index (χ1n) is 7.68. The van der Waals surface area contributed by atoms with E-state index < -0.39 is 6.10 Å². The van der Waals surface area contributed by atoms with Gasteiger partial charge in [0.15, 0.2) is 6.10 Å². The largest absolute Gasteiger partial charge is 0.479 e. The molecule has 0 heterocycles. The van der Waals surface area contributed by atoms with Gasteiger partial charge in [-0.3, -0.25) is 4.79 Å². The van der Waals surface area contributed by atoms with Crippen molar-refractivity contribution in [3.63, 3.8) is 0 Å². The van der Waals surface area contributed by atoms with Crippen LogP contribution in [0.3, 0.4) is 0 Å². The van der Waals surface area contributed by atoms with E-state index in [1.807, 2.05) is 24.3 Å². The molecule has 7 heteroatoms. The summed E-state index contributed by atoms with van der Waals surface area (Å²) >= 11 is 19.6. The van der Waals surface area contributed by atoms with Crippen LogP contribution >= 0.6 is 46.6 Å². The minimum absolute atomic E-state index is 0.171. The minimum Gasteiger partial charge on any atom is -0.479 e. The van der Waals surface area contributed by atoms with Crippen molar-refractivity contribution in [3.05, 3.63) is 63.1 Å². The molecule has 134 valence electrons. The molecular weight excluding hydrogens is 401 g/mol. The Kier molecular flexibility index (Phi) is 8.24. The number of ether oxygens (including phenoxy) is 1. The fourth-order valence-corrected chi connectivity index (χ4v) is 3.30. The van der Waals surface area contributed by atoms with Crippen molar-refractivity contribution in [2.45, 2.75) is 18.8 Å². The normalized spacial score (nSPS) is 11.8. The van der Waals surface area contributed by atoms with Crippen LogP contribution in [0.5, 0.6) is 5.75 Å². The molecule has 1 amide bonds. The molecule has 2 aromatic rings. The van der Waals surface area contributed by atoms with Gasteiger partial charge in [-0.1, -0.05) is 53.0 Å². The topological polar surface area (TPSA) is 38.3 Å². The van der Waals surface area contributed by atoms with Gasteiger partial charge in [0.05, 0.1) is 15.1 Å². The van der Waals surface area contributed by atoms with E-state index in [-0.39, 0.29) is 5.91 Å². The van der Waals surface area contributed by atoms with Crippen molar-refractivity contribution in [1.82, 2.24) is 5.32 Å². The molecule has 0 aromatic heterocycles. The Labute approximate surface area is 167 Å². The molecule has 0 bridgehead atoms. The summed E-state index contributed by atoms with van der Waals surface area (Å²) in [7, 11) is 0. The number of carbonyl (C=O) groups excluding carboxylic acids is 1. The zero-order valence-corrected chi connectivity index (χ0v) is 16.7. The number of amides is 1. The molecule has 2 aromatic carbocycles. The van der Waals surface area contributed by atoms with Crippen molar-refractivity contribution in [3.8, 4) is 5.75 Å². The average Bonchev–Trinajstić information content (AvgIpc) is 2.59. The molecule has 3 nitrogen and oxygen atoms in total. The molecule has 0 fully saturated rings. The van der Waals surface area contributed by atoms with Crippen molar-refractivity contribution in [1.29, 1.82) is 0 Å². The van der Waals surface area contributed by atoms with Crippen LogP contribution in [0, 0.1) is 0 Å². The molecular formula is C18H18Cl3NO2S. The van der Waals surface area contributed by atoms with Crippen LogP contribution in [0.2, 0.25) is 15.1 Å².